The van der Waals surface area contributed by atoms with Gasteiger partial charge >= 0.3 is 5.69 Å². The summed E-state index contributed by atoms with van der Waals surface area (Å²) in [6, 6.07) is 10.9. The highest BCUT2D eigenvalue weighted by Crippen LogP contribution is 2.27. The minimum Gasteiger partial charge on any atom is -0.494 e. The number of amides is 1. The average Bonchev–Trinajstić information content (AvgIpc) is 2.96. The fourth-order valence-corrected chi connectivity index (χ4v) is 4.90. The number of rotatable bonds is 8. The van der Waals surface area contributed by atoms with Crippen LogP contribution in [-0.4, -0.2) is 42.7 Å². The molecule has 172 valence electrons. The second-order valence-corrected chi connectivity index (χ2v) is 9.57. The number of carbonyl (C=O) groups excluding carboxylic acids is 1. The van der Waals surface area contributed by atoms with Gasteiger partial charge in [0.05, 0.1) is 28.2 Å². The second kappa shape index (κ2) is 9.07. The number of sulfonamides is 1. The Labute approximate surface area is 187 Å². The first-order valence-corrected chi connectivity index (χ1v) is 11.7. The van der Waals surface area contributed by atoms with E-state index in [1.807, 2.05) is 6.92 Å². The van der Waals surface area contributed by atoms with E-state index in [0.717, 1.165) is 4.31 Å². The molecule has 1 aromatic heterocycles. The van der Waals surface area contributed by atoms with Crippen molar-refractivity contribution in [3.63, 3.8) is 0 Å². The highest BCUT2D eigenvalue weighted by Gasteiger charge is 2.28. The molecule has 9 nitrogen and oxygen atoms in total. The summed E-state index contributed by atoms with van der Waals surface area (Å²) in [4.78, 5) is 24.7. The zero-order chi connectivity index (χ0) is 23.6. The first-order valence-electron chi connectivity index (χ1n) is 10.3. The molecule has 0 unspecified atom stereocenters. The Balaban J connectivity index is 2.09. The second-order valence-electron chi connectivity index (χ2n) is 7.71. The number of aromatic nitrogens is 2. The Hall–Kier alpha value is -3.27. The van der Waals surface area contributed by atoms with E-state index in [0.29, 0.717) is 29.1 Å². The Kier molecular flexibility index (Phi) is 6.63. The molecule has 1 amide bonds. The minimum absolute atomic E-state index is 0.0163. The van der Waals surface area contributed by atoms with Crippen LogP contribution in [0.1, 0.15) is 20.8 Å². The van der Waals surface area contributed by atoms with E-state index in [-0.39, 0.29) is 23.2 Å². The third kappa shape index (κ3) is 4.50. The topological polar surface area (TPSA) is 103 Å². The van der Waals surface area contributed by atoms with Crippen molar-refractivity contribution in [1.29, 1.82) is 0 Å². The van der Waals surface area contributed by atoms with Gasteiger partial charge in [-0.1, -0.05) is 0 Å². The van der Waals surface area contributed by atoms with Gasteiger partial charge in [-0.2, -0.15) is 0 Å². The lowest BCUT2D eigenvalue weighted by Gasteiger charge is -2.25. The lowest BCUT2D eigenvalue weighted by Crippen LogP contribution is -2.42. The predicted octanol–water partition coefficient (Wildman–Crippen LogP) is 2.00. The van der Waals surface area contributed by atoms with Crippen molar-refractivity contribution in [2.24, 2.45) is 14.1 Å². The summed E-state index contributed by atoms with van der Waals surface area (Å²) in [5.41, 5.74) is 1.17. The Morgan fingerprint density at radius 1 is 1.06 bits per heavy atom. The normalized spacial score (nSPS) is 11.7. The maximum Gasteiger partial charge on any atom is 0.328 e. The van der Waals surface area contributed by atoms with Gasteiger partial charge in [-0.15, -0.1) is 0 Å². The molecule has 1 heterocycles. The van der Waals surface area contributed by atoms with Crippen molar-refractivity contribution in [2.45, 2.75) is 31.7 Å². The smallest absolute Gasteiger partial charge is 0.328 e. The largest absolute Gasteiger partial charge is 0.494 e. The van der Waals surface area contributed by atoms with Crippen LogP contribution in [-0.2, 0) is 28.9 Å². The van der Waals surface area contributed by atoms with Gasteiger partial charge < -0.3 is 10.1 Å². The molecule has 3 aromatic rings. The fraction of sp³-hybridized carbons (Fsp3) is 0.364. The van der Waals surface area contributed by atoms with Crippen LogP contribution in [0.15, 0.2) is 52.2 Å². The number of ether oxygens (including phenoxy) is 1. The number of hydrogen-bond donors (Lipinski definition) is 1. The molecular formula is C22H28N4O5S. The van der Waals surface area contributed by atoms with Crippen LogP contribution in [0.5, 0.6) is 5.75 Å². The number of fused-ring (bicyclic) bond motifs is 1. The summed E-state index contributed by atoms with van der Waals surface area (Å²) in [7, 11) is -0.904. The molecule has 10 heteroatoms. The summed E-state index contributed by atoms with van der Waals surface area (Å²) in [5, 5.41) is 2.73. The zero-order valence-electron chi connectivity index (χ0n) is 18.8. The van der Waals surface area contributed by atoms with Crippen molar-refractivity contribution in [2.75, 3.05) is 17.5 Å². The number of carbonyl (C=O) groups is 1. The molecule has 1 N–H and O–H groups in total. The summed E-state index contributed by atoms with van der Waals surface area (Å²) in [5.74, 6) is 0.173. The monoisotopic (exact) mass is 460 g/mol. The molecule has 0 saturated heterocycles. The van der Waals surface area contributed by atoms with E-state index in [2.05, 4.69) is 5.32 Å². The van der Waals surface area contributed by atoms with E-state index in [9.17, 15) is 18.0 Å². The molecule has 0 atom stereocenters. The Morgan fingerprint density at radius 3 is 2.28 bits per heavy atom. The molecule has 0 bridgehead atoms. The van der Waals surface area contributed by atoms with Gasteiger partial charge in [0.1, 0.15) is 12.3 Å². The van der Waals surface area contributed by atoms with Gasteiger partial charge in [-0.25, -0.2) is 13.2 Å². The molecule has 0 spiro atoms. The van der Waals surface area contributed by atoms with E-state index in [1.165, 1.54) is 21.3 Å². The molecule has 0 saturated carbocycles. The number of hydrogen-bond acceptors (Lipinski definition) is 5. The van der Waals surface area contributed by atoms with Crippen molar-refractivity contribution >= 4 is 32.7 Å². The maximum atomic E-state index is 13.6. The Bertz CT molecular complexity index is 1290. The van der Waals surface area contributed by atoms with Crippen LogP contribution in [0, 0.1) is 0 Å². The molecular weight excluding hydrogens is 432 g/mol. The summed E-state index contributed by atoms with van der Waals surface area (Å²) >= 11 is 0. The minimum atomic E-state index is -4.11. The van der Waals surface area contributed by atoms with Gasteiger partial charge in [0.2, 0.25) is 5.91 Å². The molecule has 0 fully saturated rings. The van der Waals surface area contributed by atoms with E-state index < -0.39 is 15.9 Å². The van der Waals surface area contributed by atoms with Crippen LogP contribution in [0.25, 0.3) is 11.0 Å². The maximum absolute atomic E-state index is 13.6. The van der Waals surface area contributed by atoms with Crippen LogP contribution in [0.4, 0.5) is 5.69 Å². The van der Waals surface area contributed by atoms with Crippen molar-refractivity contribution < 1.29 is 17.9 Å². The summed E-state index contributed by atoms with van der Waals surface area (Å²) < 4.78 is 36.6. The Morgan fingerprint density at radius 2 is 1.69 bits per heavy atom. The van der Waals surface area contributed by atoms with Crippen molar-refractivity contribution in [3.8, 4) is 5.75 Å². The number of aryl methyl sites for hydroxylation is 2. The van der Waals surface area contributed by atoms with Crippen LogP contribution >= 0.6 is 0 Å². The molecule has 3 rings (SSSR count). The van der Waals surface area contributed by atoms with Crippen LogP contribution < -0.4 is 20.0 Å². The van der Waals surface area contributed by atoms with Crippen LogP contribution in [0.3, 0.4) is 0 Å². The quantitative estimate of drug-likeness (QED) is 0.554. The third-order valence-corrected chi connectivity index (χ3v) is 6.77. The zero-order valence-corrected chi connectivity index (χ0v) is 19.6. The standard InChI is InChI=1S/C22H28N4O5S/c1-6-31-17-9-7-16(8-10-17)26(14-21(27)23-15(2)3)32(29,30)18-11-12-19-20(13-18)25(5)22(28)24(19)4/h7-13,15H,6,14H2,1-5H3,(H,23,27). The first-order chi connectivity index (χ1) is 15.1. The lowest BCUT2D eigenvalue weighted by molar-refractivity contribution is -0.120. The number of nitrogens with one attached hydrogen (secondary N) is 1. The van der Waals surface area contributed by atoms with Gasteiger partial charge in [0.25, 0.3) is 10.0 Å². The van der Waals surface area contributed by atoms with Gasteiger partial charge in [0.15, 0.2) is 0 Å². The number of imidazole rings is 1. The summed E-state index contributed by atoms with van der Waals surface area (Å²) in [6.45, 7) is 5.55. The van der Waals surface area contributed by atoms with E-state index in [1.54, 1.807) is 58.3 Å². The van der Waals surface area contributed by atoms with Gasteiger partial charge in [-0.3, -0.25) is 18.2 Å². The molecule has 2 aromatic carbocycles. The molecule has 32 heavy (non-hydrogen) atoms. The predicted molar refractivity (Wildman–Crippen MR) is 124 cm³/mol. The molecule has 0 aliphatic carbocycles. The van der Waals surface area contributed by atoms with Crippen molar-refractivity contribution in [3.05, 3.63) is 52.9 Å². The van der Waals surface area contributed by atoms with Crippen LogP contribution in [0.2, 0.25) is 0 Å². The van der Waals surface area contributed by atoms with Gasteiger partial charge in [0, 0.05) is 20.1 Å². The average molecular weight is 461 g/mol. The van der Waals surface area contributed by atoms with Crippen molar-refractivity contribution in [1.82, 2.24) is 14.5 Å². The molecule has 0 aliphatic rings. The number of anilines is 1. The highest BCUT2D eigenvalue weighted by atomic mass is 32.2. The number of nitrogens with zero attached hydrogens (tertiary/aromatic N) is 3. The summed E-state index contributed by atoms with van der Waals surface area (Å²) in [6.07, 6.45) is 0. The van der Waals surface area contributed by atoms with Gasteiger partial charge in [-0.05, 0) is 63.2 Å². The fourth-order valence-electron chi connectivity index (χ4n) is 3.46. The highest BCUT2D eigenvalue weighted by molar-refractivity contribution is 7.92. The van der Waals surface area contributed by atoms with E-state index >= 15 is 0 Å². The first kappa shape index (κ1) is 23.4. The lowest BCUT2D eigenvalue weighted by atomic mass is 10.3. The SMILES string of the molecule is CCOc1ccc(N(CC(=O)NC(C)C)S(=O)(=O)c2ccc3c(c2)n(C)c(=O)n3C)cc1. The number of benzene rings is 2. The molecule has 0 radical (unpaired) electrons. The molecule has 0 aliphatic heterocycles. The van der Waals surface area contributed by atoms with E-state index in [4.69, 9.17) is 4.74 Å². The third-order valence-electron chi connectivity index (χ3n) is 5.00.